The Hall–Kier alpha value is -2.30. The predicted molar refractivity (Wildman–Crippen MR) is 100 cm³/mol. The summed E-state index contributed by atoms with van der Waals surface area (Å²) in [6.07, 6.45) is 0.854. The summed E-state index contributed by atoms with van der Waals surface area (Å²) < 4.78 is 5.10. The number of benzene rings is 1. The Morgan fingerprint density at radius 2 is 2.12 bits per heavy atom. The van der Waals surface area contributed by atoms with Crippen LogP contribution >= 0.6 is 23.1 Å². The van der Waals surface area contributed by atoms with Crippen molar-refractivity contribution >= 4 is 40.7 Å². The average molecular weight is 374 g/mol. The third-order valence-electron chi connectivity index (χ3n) is 3.39. The van der Waals surface area contributed by atoms with E-state index in [-0.39, 0.29) is 6.61 Å². The van der Waals surface area contributed by atoms with Crippen molar-refractivity contribution in [3.63, 3.8) is 0 Å². The first-order valence-corrected chi connectivity index (χ1v) is 9.50. The van der Waals surface area contributed by atoms with E-state index in [1.807, 2.05) is 38.1 Å². The first-order chi connectivity index (χ1) is 12.0. The van der Waals surface area contributed by atoms with E-state index in [0.717, 1.165) is 21.8 Å². The normalized spacial score (nSPS) is 10.1. The van der Waals surface area contributed by atoms with Gasteiger partial charge in [-0.25, -0.2) is 4.79 Å². The summed E-state index contributed by atoms with van der Waals surface area (Å²) in [7, 11) is 0. The van der Waals surface area contributed by atoms with E-state index >= 15 is 0 Å². The minimum Gasteiger partial charge on any atom is -0.451 e. The summed E-state index contributed by atoms with van der Waals surface area (Å²) in [5.41, 5.74) is 1.72. The fraction of sp³-hybridized carbons (Fsp3) is 0.278. The predicted octanol–water partition coefficient (Wildman–Crippen LogP) is 4.03. The molecule has 0 saturated carbocycles. The Morgan fingerprint density at radius 3 is 2.80 bits per heavy atom. The van der Waals surface area contributed by atoms with Crippen LogP contribution in [-0.4, -0.2) is 24.2 Å². The van der Waals surface area contributed by atoms with Crippen LogP contribution in [0.25, 0.3) is 0 Å². The Labute approximate surface area is 155 Å². The van der Waals surface area contributed by atoms with Crippen LogP contribution < -0.4 is 5.32 Å². The molecule has 1 aromatic heterocycles. The van der Waals surface area contributed by atoms with Gasteiger partial charge in [-0.3, -0.25) is 4.79 Å². The van der Waals surface area contributed by atoms with Crippen molar-refractivity contribution in [2.75, 3.05) is 17.7 Å². The molecule has 0 unspecified atom stereocenters. The quantitative estimate of drug-likeness (QED) is 0.585. The number of nitrogens with one attached hydrogen (secondary N) is 1. The molecule has 0 fully saturated rings. The topological polar surface area (TPSA) is 79.2 Å². The smallest absolute Gasteiger partial charge is 0.348 e. The van der Waals surface area contributed by atoms with E-state index in [0.29, 0.717) is 16.3 Å². The zero-order valence-corrected chi connectivity index (χ0v) is 15.6. The van der Waals surface area contributed by atoms with Gasteiger partial charge in [-0.2, -0.15) is 5.26 Å². The second kappa shape index (κ2) is 9.25. The number of nitrogens with zero attached hydrogens (tertiary/aromatic N) is 1. The Kier molecular flexibility index (Phi) is 7.04. The highest BCUT2D eigenvalue weighted by Gasteiger charge is 2.15. The van der Waals surface area contributed by atoms with Gasteiger partial charge in [0.2, 0.25) is 0 Å². The van der Waals surface area contributed by atoms with Crippen LogP contribution in [0.5, 0.6) is 0 Å². The van der Waals surface area contributed by atoms with Gasteiger partial charge in [0.25, 0.3) is 5.91 Å². The third-order valence-corrected chi connectivity index (χ3v) is 5.40. The summed E-state index contributed by atoms with van der Waals surface area (Å²) in [6.45, 7) is 3.64. The first-order valence-electron chi connectivity index (χ1n) is 7.70. The molecule has 25 heavy (non-hydrogen) atoms. The standard InChI is InChI=1S/C18H18N2O3S2/c1-3-13-10-16(25-12(13)2)18(22)23-11-17(21)20-14-6-4-5-7-15(14)24-9-8-19/h4-7,10H,3,9,11H2,1-2H3,(H,20,21). The highest BCUT2D eigenvalue weighted by atomic mass is 32.2. The molecule has 0 aliphatic carbocycles. The van der Waals surface area contributed by atoms with Gasteiger partial charge < -0.3 is 10.1 Å². The minimum absolute atomic E-state index is 0.291. The van der Waals surface area contributed by atoms with Crippen LogP contribution in [0.3, 0.4) is 0 Å². The van der Waals surface area contributed by atoms with Crippen molar-refractivity contribution in [3.05, 3.63) is 45.6 Å². The number of hydrogen-bond acceptors (Lipinski definition) is 6. The van der Waals surface area contributed by atoms with Crippen LogP contribution in [0.15, 0.2) is 35.2 Å². The third kappa shape index (κ3) is 5.34. The van der Waals surface area contributed by atoms with Crippen molar-refractivity contribution in [3.8, 4) is 6.07 Å². The van der Waals surface area contributed by atoms with Gasteiger partial charge in [-0.05, 0) is 37.1 Å². The number of anilines is 1. The molecule has 0 aliphatic rings. The zero-order valence-electron chi connectivity index (χ0n) is 14.0. The number of esters is 1. The Bertz CT molecular complexity index is 809. The van der Waals surface area contributed by atoms with Crippen molar-refractivity contribution in [2.45, 2.75) is 25.2 Å². The van der Waals surface area contributed by atoms with Gasteiger partial charge in [0, 0.05) is 9.77 Å². The number of nitriles is 1. The lowest BCUT2D eigenvalue weighted by Crippen LogP contribution is -2.20. The van der Waals surface area contributed by atoms with Crippen LogP contribution in [0.1, 0.15) is 27.0 Å². The van der Waals surface area contributed by atoms with Crippen LogP contribution in [0, 0.1) is 18.3 Å². The summed E-state index contributed by atoms with van der Waals surface area (Å²) in [4.78, 5) is 26.5. The Morgan fingerprint density at radius 1 is 1.36 bits per heavy atom. The molecule has 1 heterocycles. The molecule has 130 valence electrons. The number of para-hydroxylation sites is 1. The lowest BCUT2D eigenvalue weighted by atomic mass is 10.2. The SMILES string of the molecule is CCc1cc(C(=O)OCC(=O)Nc2ccccc2SCC#N)sc1C. The van der Waals surface area contributed by atoms with Crippen molar-refractivity contribution in [1.29, 1.82) is 5.26 Å². The molecular formula is C18H18N2O3S2. The van der Waals surface area contributed by atoms with Crippen LogP contribution in [-0.2, 0) is 16.0 Å². The molecule has 2 rings (SSSR count). The summed E-state index contributed by atoms with van der Waals surface area (Å²) >= 11 is 2.71. The highest BCUT2D eigenvalue weighted by Crippen LogP contribution is 2.26. The second-order valence-electron chi connectivity index (χ2n) is 5.11. The van der Waals surface area contributed by atoms with Gasteiger partial charge in [0.1, 0.15) is 4.88 Å². The number of hydrogen-bond donors (Lipinski definition) is 1. The van der Waals surface area contributed by atoms with E-state index in [1.54, 1.807) is 12.1 Å². The second-order valence-corrected chi connectivity index (χ2v) is 7.39. The van der Waals surface area contributed by atoms with Gasteiger partial charge >= 0.3 is 5.97 Å². The molecular weight excluding hydrogens is 356 g/mol. The average Bonchev–Trinajstić information content (AvgIpc) is 3.00. The molecule has 0 saturated heterocycles. The molecule has 1 amide bonds. The largest absolute Gasteiger partial charge is 0.451 e. The molecule has 0 bridgehead atoms. The lowest BCUT2D eigenvalue weighted by molar-refractivity contribution is -0.119. The van der Waals surface area contributed by atoms with Crippen molar-refractivity contribution in [2.24, 2.45) is 0 Å². The molecule has 0 atom stereocenters. The summed E-state index contributed by atoms with van der Waals surface area (Å²) in [5.74, 6) is -0.614. The molecule has 0 radical (unpaired) electrons. The van der Waals surface area contributed by atoms with Gasteiger partial charge in [-0.1, -0.05) is 19.1 Å². The van der Waals surface area contributed by atoms with Gasteiger partial charge in [0.15, 0.2) is 6.61 Å². The molecule has 0 aliphatic heterocycles. The fourth-order valence-electron chi connectivity index (χ4n) is 2.17. The molecule has 2 aromatic rings. The van der Waals surface area contributed by atoms with E-state index in [1.165, 1.54) is 23.1 Å². The number of carbonyl (C=O) groups is 2. The maximum atomic E-state index is 12.1. The molecule has 7 heteroatoms. The molecule has 1 aromatic carbocycles. The van der Waals surface area contributed by atoms with Crippen LogP contribution in [0.2, 0.25) is 0 Å². The van der Waals surface area contributed by atoms with Crippen molar-refractivity contribution in [1.82, 2.24) is 0 Å². The number of aryl methyl sites for hydroxylation is 2. The first kappa shape index (κ1) is 19.0. The van der Waals surface area contributed by atoms with E-state index < -0.39 is 11.9 Å². The fourth-order valence-corrected chi connectivity index (χ4v) is 3.84. The van der Waals surface area contributed by atoms with E-state index in [2.05, 4.69) is 5.32 Å². The molecule has 5 nitrogen and oxygen atoms in total. The van der Waals surface area contributed by atoms with Gasteiger partial charge in [-0.15, -0.1) is 23.1 Å². The van der Waals surface area contributed by atoms with E-state index in [9.17, 15) is 9.59 Å². The highest BCUT2D eigenvalue weighted by molar-refractivity contribution is 7.99. The number of thiophene rings is 1. The maximum Gasteiger partial charge on any atom is 0.348 e. The summed E-state index contributed by atoms with van der Waals surface area (Å²) in [5, 5.41) is 11.4. The lowest BCUT2D eigenvalue weighted by Gasteiger charge is -2.09. The number of rotatable bonds is 7. The summed E-state index contributed by atoms with van der Waals surface area (Å²) in [6, 6.07) is 11.1. The number of thioether (sulfide) groups is 1. The van der Waals surface area contributed by atoms with E-state index in [4.69, 9.17) is 10.00 Å². The monoisotopic (exact) mass is 374 g/mol. The number of amides is 1. The van der Waals surface area contributed by atoms with Crippen LogP contribution in [0.4, 0.5) is 5.69 Å². The minimum atomic E-state index is -0.491. The number of ether oxygens (including phenoxy) is 1. The maximum absolute atomic E-state index is 12.1. The molecule has 1 N–H and O–H groups in total. The van der Waals surface area contributed by atoms with Crippen molar-refractivity contribution < 1.29 is 14.3 Å². The number of carbonyl (C=O) groups excluding carboxylic acids is 2. The Balaban J connectivity index is 1.92. The molecule has 0 spiro atoms. The van der Waals surface area contributed by atoms with Gasteiger partial charge in [0.05, 0.1) is 17.5 Å². The zero-order chi connectivity index (χ0) is 18.2.